The van der Waals surface area contributed by atoms with Gasteiger partial charge in [0.05, 0.1) is 0 Å². The summed E-state index contributed by atoms with van der Waals surface area (Å²) in [5, 5.41) is 8.05. The fourth-order valence-corrected chi connectivity index (χ4v) is 11.0. The van der Waals surface area contributed by atoms with Crippen LogP contribution in [0.2, 0.25) is 0 Å². The molecule has 404 valence electrons. The van der Waals surface area contributed by atoms with Crippen molar-refractivity contribution in [3.8, 4) is 55.6 Å². The van der Waals surface area contributed by atoms with Gasteiger partial charge in [-0.05, 0) is 196 Å². The first-order valence-electron chi connectivity index (χ1n) is 28.7. The SMILES string of the molecule is Cc1ccc(-c2ccccc2C)cc1.Cc1cccc(-c2ccc(C)c3ccccc23)c1.Cc1cccc(-c2cccc3c(C)cccc23)c1.Cc1ccccc1-c1ccc(C)c2ccccc12.Cc1ccccc1-c1ccccc1C. The number of hydrogen-bond donors (Lipinski definition) is 0. The molecule has 0 fully saturated rings. The number of benzene rings is 13. The normalized spacial score (nSPS) is 10.6. The van der Waals surface area contributed by atoms with Crippen LogP contribution in [0.1, 0.15) is 55.6 Å². The molecule has 13 aromatic rings. The molecule has 0 aliphatic heterocycles. The van der Waals surface area contributed by atoms with Crippen LogP contribution < -0.4 is 0 Å². The van der Waals surface area contributed by atoms with Crippen molar-refractivity contribution in [1.29, 1.82) is 0 Å². The Morgan fingerprint density at radius 1 is 0.146 bits per heavy atom. The first-order chi connectivity index (χ1) is 39.8. The third-order valence-electron chi connectivity index (χ3n) is 15.6. The highest BCUT2D eigenvalue weighted by Gasteiger charge is 2.09. The molecule has 0 aliphatic carbocycles. The molecule has 0 heteroatoms. The zero-order chi connectivity index (χ0) is 57.5. The van der Waals surface area contributed by atoms with E-state index in [9.17, 15) is 0 Å². The second-order valence-electron chi connectivity index (χ2n) is 21.8. The van der Waals surface area contributed by atoms with Gasteiger partial charge in [0.15, 0.2) is 0 Å². The highest BCUT2D eigenvalue weighted by atomic mass is 14.1. The van der Waals surface area contributed by atoms with Crippen molar-refractivity contribution < 1.29 is 0 Å². The molecule has 0 heterocycles. The molecule has 13 rings (SSSR count). The average molecular weight is 1060 g/mol. The number of fused-ring (bicyclic) bond motifs is 3. The summed E-state index contributed by atoms with van der Waals surface area (Å²) in [6.07, 6.45) is 0. The predicted molar refractivity (Wildman–Crippen MR) is 359 cm³/mol. The Kier molecular flexibility index (Phi) is 19.0. The fraction of sp³-hybridized carbons (Fsp3) is 0.122. The smallest absolute Gasteiger partial charge is 0.0103 e. The fourth-order valence-electron chi connectivity index (χ4n) is 11.0. The van der Waals surface area contributed by atoms with Crippen LogP contribution in [0.15, 0.2) is 279 Å². The van der Waals surface area contributed by atoms with Crippen molar-refractivity contribution in [3.05, 3.63) is 335 Å². The first-order valence-corrected chi connectivity index (χ1v) is 28.7. The van der Waals surface area contributed by atoms with Gasteiger partial charge in [0.1, 0.15) is 0 Å². The lowest BCUT2D eigenvalue weighted by atomic mass is 9.93. The number of hydrogen-bond acceptors (Lipinski definition) is 0. The van der Waals surface area contributed by atoms with Crippen molar-refractivity contribution in [3.63, 3.8) is 0 Å². The van der Waals surface area contributed by atoms with Crippen molar-refractivity contribution in [2.24, 2.45) is 0 Å². The molecule has 0 radical (unpaired) electrons. The summed E-state index contributed by atoms with van der Waals surface area (Å²) in [5.41, 5.74) is 26.4. The van der Waals surface area contributed by atoms with Crippen LogP contribution >= 0.6 is 0 Å². The van der Waals surface area contributed by atoms with Crippen LogP contribution in [-0.4, -0.2) is 0 Å². The lowest BCUT2D eigenvalue weighted by Crippen LogP contribution is -1.86. The Labute approximate surface area is 489 Å². The van der Waals surface area contributed by atoms with Crippen molar-refractivity contribution in [1.82, 2.24) is 0 Å². The van der Waals surface area contributed by atoms with E-state index < -0.39 is 0 Å². The summed E-state index contributed by atoms with van der Waals surface area (Å²) in [6.45, 7) is 21.5. The summed E-state index contributed by atoms with van der Waals surface area (Å²) < 4.78 is 0. The molecular weight excluding hydrogens is 985 g/mol. The quantitative estimate of drug-likeness (QED) is 0.161. The Morgan fingerprint density at radius 3 is 0.890 bits per heavy atom. The van der Waals surface area contributed by atoms with Gasteiger partial charge in [0, 0.05) is 0 Å². The van der Waals surface area contributed by atoms with Gasteiger partial charge >= 0.3 is 0 Å². The highest BCUT2D eigenvalue weighted by Crippen LogP contribution is 2.35. The molecule has 13 aromatic carbocycles. The third kappa shape index (κ3) is 14.0. The minimum Gasteiger partial charge on any atom is -0.0620 e. The molecule has 0 spiro atoms. The van der Waals surface area contributed by atoms with E-state index in [2.05, 4.69) is 348 Å². The highest BCUT2D eigenvalue weighted by molar-refractivity contribution is 6.00. The third-order valence-corrected chi connectivity index (χ3v) is 15.6. The monoisotopic (exact) mass is 1060 g/mol. The largest absolute Gasteiger partial charge is 0.0620 e. The topological polar surface area (TPSA) is 0 Å². The van der Waals surface area contributed by atoms with Gasteiger partial charge in [-0.1, -0.05) is 296 Å². The standard InChI is InChI=1S/3C18H16.2C14H14/c1-13-6-3-8-15(12-13)17-10-5-9-16-14(2)7-4-11-18(16)17;1-13-6-5-7-15(12-13)17-11-10-14(2)16-8-3-4-9-18(16)17;1-13-7-3-4-8-15(13)18-12-11-14(2)16-9-5-6-10-17(16)18;1-11-7-3-5-9-13(11)14-10-6-4-8-12(14)2;1-11-7-9-13(10-8-11)14-6-4-3-5-12(14)2/h3*3-12H,1-2H3;2*3-10H,1-2H3. The Bertz CT molecular complexity index is 4140. The summed E-state index contributed by atoms with van der Waals surface area (Å²) in [6, 6.07) is 99.3. The second-order valence-corrected chi connectivity index (χ2v) is 21.8. The molecule has 0 unspecified atom stereocenters. The number of rotatable bonds is 5. The van der Waals surface area contributed by atoms with Crippen LogP contribution in [0, 0.1) is 69.2 Å². The maximum Gasteiger partial charge on any atom is -0.0103 e. The van der Waals surface area contributed by atoms with Gasteiger partial charge < -0.3 is 0 Å². The zero-order valence-corrected chi connectivity index (χ0v) is 49.6. The average Bonchev–Trinajstić information content (AvgIpc) is 3.53. The molecule has 0 amide bonds. The summed E-state index contributed by atoms with van der Waals surface area (Å²) in [4.78, 5) is 0. The maximum atomic E-state index is 2.25. The van der Waals surface area contributed by atoms with Crippen molar-refractivity contribution in [2.45, 2.75) is 69.2 Å². The lowest BCUT2D eigenvalue weighted by molar-refractivity contribution is 1.41. The molecule has 0 N–H and O–H groups in total. The summed E-state index contributed by atoms with van der Waals surface area (Å²) >= 11 is 0. The lowest BCUT2D eigenvalue weighted by Gasteiger charge is -2.11. The van der Waals surface area contributed by atoms with Gasteiger partial charge in [0.25, 0.3) is 0 Å². The molecular formula is C82H76. The van der Waals surface area contributed by atoms with E-state index in [1.165, 1.54) is 144 Å². The van der Waals surface area contributed by atoms with Crippen molar-refractivity contribution >= 4 is 32.3 Å². The number of aryl methyl sites for hydroxylation is 10. The Balaban J connectivity index is 0.000000124. The van der Waals surface area contributed by atoms with Crippen LogP contribution in [0.3, 0.4) is 0 Å². The minimum atomic E-state index is 1.30. The Hall–Kier alpha value is -9.36. The van der Waals surface area contributed by atoms with E-state index in [-0.39, 0.29) is 0 Å². The summed E-state index contributed by atoms with van der Waals surface area (Å²) in [7, 11) is 0. The molecule has 82 heavy (non-hydrogen) atoms. The first kappa shape index (κ1) is 57.3. The second kappa shape index (κ2) is 27.2. The molecule has 0 aromatic heterocycles. The minimum absolute atomic E-state index is 1.30. The molecule has 0 saturated carbocycles. The van der Waals surface area contributed by atoms with Gasteiger partial charge in [-0.15, -0.1) is 0 Å². The molecule has 0 saturated heterocycles. The molecule has 0 bridgehead atoms. The zero-order valence-electron chi connectivity index (χ0n) is 49.6. The van der Waals surface area contributed by atoms with E-state index in [0.717, 1.165) is 0 Å². The van der Waals surface area contributed by atoms with E-state index >= 15 is 0 Å². The Morgan fingerprint density at radius 2 is 0.439 bits per heavy atom. The maximum absolute atomic E-state index is 2.25. The van der Waals surface area contributed by atoms with Crippen LogP contribution in [0.25, 0.3) is 88.0 Å². The molecule has 0 atom stereocenters. The van der Waals surface area contributed by atoms with Crippen LogP contribution in [0.5, 0.6) is 0 Å². The van der Waals surface area contributed by atoms with Gasteiger partial charge in [-0.25, -0.2) is 0 Å². The van der Waals surface area contributed by atoms with E-state index in [0.29, 0.717) is 0 Å². The molecule has 0 nitrogen and oxygen atoms in total. The van der Waals surface area contributed by atoms with E-state index in [1.807, 2.05) is 0 Å². The predicted octanol–water partition coefficient (Wildman–Crippen LogP) is 23.3. The van der Waals surface area contributed by atoms with Gasteiger partial charge in [-0.2, -0.15) is 0 Å². The van der Waals surface area contributed by atoms with Crippen molar-refractivity contribution in [2.75, 3.05) is 0 Å². The van der Waals surface area contributed by atoms with Crippen LogP contribution in [-0.2, 0) is 0 Å². The summed E-state index contributed by atoms with van der Waals surface area (Å²) in [5.74, 6) is 0. The van der Waals surface area contributed by atoms with Gasteiger partial charge in [0.2, 0.25) is 0 Å². The van der Waals surface area contributed by atoms with Crippen LogP contribution in [0.4, 0.5) is 0 Å². The van der Waals surface area contributed by atoms with E-state index in [1.54, 1.807) is 0 Å². The van der Waals surface area contributed by atoms with Gasteiger partial charge in [-0.3, -0.25) is 0 Å². The van der Waals surface area contributed by atoms with E-state index in [4.69, 9.17) is 0 Å². The molecule has 0 aliphatic rings.